The lowest BCUT2D eigenvalue weighted by molar-refractivity contribution is 0.0730. The van der Waals surface area contributed by atoms with E-state index in [0.29, 0.717) is 30.8 Å². The highest BCUT2D eigenvalue weighted by atomic mass is 127. The minimum atomic E-state index is -0.286. The molecule has 0 radical (unpaired) electrons. The molecule has 0 aliphatic carbocycles. The molecule has 0 saturated heterocycles. The van der Waals surface area contributed by atoms with E-state index in [1.807, 2.05) is 24.3 Å². The summed E-state index contributed by atoms with van der Waals surface area (Å²) in [5, 5.41) is 4.14. The maximum atomic E-state index is 13.1. The Kier molecular flexibility index (Phi) is 4.29. The lowest BCUT2D eigenvalue weighted by Crippen LogP contribution is -2.36. The smallest absolute Gasteiger partial charge is 0.255 e. The van der Waals surface area contributed by atoms with Gasteiger partial charge in [-0.3, -0.25) is 4.79 Å². The Bertz CT molecular complexity index is 937. The van der Waals surface area contributed by atoms with Crippen molar-refractivity contribution in [2.24, 2.45) is 0 Å². The molecule has 6 heteroatoms. The molecule has 4 nitrogen and oxygen atoms in total. The molecular formula is C19H14FIN2O2. The summed E-state index contributed by atoms with van der Waals surface area (Å²) < 4.78 is 19.5. The molecule has 2 heterocycles. The molecular weight excluding hydrogens is 434 g/mol. The first-order valence-corrected chi connectivity index (χ1v) is 8.98. The summed E-state index contributed by atoms with van der Waals surface area (Å²) in [5.41, 5.74) is 3.27. The molecule has 3 aromatic rings. The maximum Gasteiger partial charge on any atom is 0.255 e. The molecule has 4 rings (SSSR count). The third-order valence-electron chi connectivity index (χ3n) is 4.34. The van der Waals surface area contributed by atoms with Gasteiger partial charge in [-0.2, -0.15) is 0 Å². The van der Waals surface area contributed by atoms with Gasteiger partial charge in [-0.1, -0.05) is 17.3 Å². The van der Waals surface area contributed by atoms with E-state index in [4.69, 9.17) is 4.52 Å². The molecule has 0 spiro atoms. The summed E-state index contributed by atoms with van der Waals surface area (Å²) in [5.74, 6) is 0.379. The first kappa shape index (κ1) is 16.3. The van der Waals surface area contributed by atoms with Gasteiger partial charge in [-0.15, -0.1) is 0 Å². The lowest BCUT2D eigenvalue weighted by atomic mass is 10.00. The Morgan fingerprint density at radius 3 is 2.68 bits per heavy atom. The third-order valence-corrected chi connectivity index (χ3v) is 5.28. The van der Waals surface area contributed by atoms with Crippen LogP contribution in [0.3, 0.4) is 0 Å². The SMILES string of the molecule is O=C(c1ccccc1I)N1CCc2c(noc2-c2ccc(F)cc2)C1. The van der Waals surface area contributed by atoms with Gasteiger partial charge in [0.25, 0.3) is 5.91 Å². The highest BCUT2D eigenvalue weighted by Crippen LogP contribution is 2.31. The number of benzene rings is 2. The van der Waals surface area contributed by atoms with Crippen LogP contribution in [0.1, 0.15) is 21.6 Å². The number of fused-ring (bicyclic) bond motifs is 1. The van der Waals surface area contributed by atoms with Crippen molar-refractivity contribution < 1.29 is 13.7 Å². The second-order valence-corrected chi connectivity index (χ2v) is 7.06. The van der Waals surface area contributed by atoms with Crippen LogP contribution in [-0.2, 0) is 13.0 Å². The zero-order valence-corrected chi connectivity index (χ0v) is 15.4. The molecule has 1 aromatic heterocycles. The van der Waals surface area contributed by atoms with Gasteiger partial charge < -0.3 is 9.42 Å². The average Bonchev–Trinajstić information content (AvgIpc) is 3.05. The van der Waals surface area contributed by atoms with Gasteiger partial charge in [0.1, 0.15) is 11.5 Å². The molecule has 0 N–H and O–H groups in total. The van der Waals surface area contributed by atoms with Crippen molar-refractivity contribution in [2.45, 2.75) is 13.0 Å². The molecule has 0 fully saturated rings. The predicted molar refractivity (Wildman–Crippen MR) is 99.5 cm³/mol. The molecule has 2 aromatic carbocycles. The van der Waals surface area contributed by atoms with Crippen LogP contribution < -0.4 is 0 Å². The van der Waals surface area contributed by atoms with Crippen molar-refractivity contribution in [3.63, 3.8) is 0 Å². The highest BCUT2D eigenvalue weighted by molar-refractivity contribution is 14.1. The van der Waals surface area contributed by atoms with Crippen LogP contribution in [-0.4, -0.2) is 22.5 Å². The number of rotatable bonds is 2. The van der Waals surface area contributed by atoms with Gasteiger partial charge in [0.05, 0.1) is 12.1 Å². The van der Waals surface area contributed by atoms with Gasteiger partial charge in [-0.25, -0.2) is 4.39 Å². The van der Waals surface area contributed by atoms with E-state index in [2.05, 4.69) is 27.7 Å². The fourth-order valence-corrected chi connectivity index (χ4v) is 3.66. The molecule has 0 saturated carbocycles. The summed E-state index contributed by atoms with van der Waals surface area (Å²) >= 11 is 2.17. The normalized spacial score (nSPS) is 13.6. The Morgan fingerprint density at radius 1 is 1.16 bits per heavy atom. The molecule has 0 atom stereocenters. The molecule has 0 bridgehead atoms. The summed E-state index contributed by atoms with van der Waals surface area (Å²) in [6.45, 7) is 1.02. The third kappa shape index (κ3) is 3.06. The zero-order valence-electron chi connectivity index (χ0n) is 13.2. The standard InChI is InChI=1S/C19H14FIN2O2/c20-13-7-5-12(6-8-13)18-15-9-10-23(11-17(15)22-25-18)19(24)14-3-1-2-4-16(14)21/h1-8H,9-11H2. The summed E-state index contributed by atoms with van der Waals surface area (Å²) in [4.78, 5) is 14.6. The fourth-order valence-electron chi connectivity index (χ4n) is 3.04. The topological polar surface area (TPSA) is 46.3 Å². The Labute approximate surface area is 157 Å². The molecule has 0 unspecified atom stereocenters. The summed E-state index contributed by atoms with van der Waals surface area (Å²) in [6, 6.07) is 13.7. The average molecular weight is 448 g/mol. The molecule has 1 amide bonds. The van der Waals surface area contributed by atoms with Crippen LogP contribution >= 0.6 is 22.6 Å². The van der Waals surface area contributed by atoms with Crippen LogP contribution in [0.15, 0.2) is 53.1 Å². The minimum Gasteiger partial charge on any atom is -0.356 e. The number of carbonyl (C=O) groups is 1. The number of amides is 1. The number of carbonyl (C=O) groups excluding carboxylic acids is 1. The maximum absolute atomic E-state index is 13.1. The Morgan fingerprint density at radius 2 is 1.92 bits per heavy atom. The van der Waals surface area contributed by atoms with Gasteiger partial charge >= 0.3 is 0 Å². The van der Waals surface area contributed by atoms with Crippen LogP contribution in [0.25, 0.3) is 11.3 Å². The zero-order chi connectivity index (χ0) is 17.4. The fraction of sp³-hybridized carbons (Fsp3) is 0.158. The number of hydrogen-bond acceptors (Lipinski definition) is 3. The van der Waals surface area contributed by atoms with Gasteiger partial charge in [-0.05, 0) is 65.4 Å². The summed E-state index contributed by atoms with van der Waals surface area (Å²) in [7, 11) is 0. The van der Waals surface area contributed by atoms with E-state index in [9.17, 15) is 9.18 Å². The van der Waals surface area contributed by atoms with Crippen LogP contribution in [0.5, 0.6) is 0 Å². The van der Waals surface area contributed by atoms with E-state index >= 15 is 0 Å². The van der Waals surface area contributed by atoms with Crippen molar-refractivity contribution >= 4 is 28.5 Å². The molecule has 126 valence electrons. The Balaban J connectivity index is 1.60. The van der Waals surface area contributed by atoms with Crippen molar-refractivity contribution in [3.8, 4) is 11.3 Å². The van der Waals surface area contributed by atoms with Gasteiger partial charge in [0, 0.05) is 21.2 Å². The molecule has 1 aliphatic heterocycles. The molecule has 1 aliphatic rings. The lowest BCUT2D eigenvalue weighted by Gasteiger charge is -2.26. The predicted octanol–water partition coefficient (Wildman–Crippen LogP) is 4.28. The van der Waals surface area contributed by atoms with Crippen molar-refractivity contribution in [3.05, 3.63) is 74.7 Å². The van der Waals surface area contributed by atoms with Crippen LogP contribution in [0.2, 0.25) is 0 Å². The largest absolute Gasteiger partial charge is 0.356 e. The highest BCUT2D eigenvalue weighted by Gasteiger charge is 2.28. The van der Waals surface area contributed by atoms with Crippen molar-refractivity contribution in [2.75, 3.05) is 6.54 Å². The number of halogens is 2. The van der Waals surface area contributed by atoms with E-state index in [1.54, 1.807) is 17.0 Å². The first-order valence-electron chi connectivity index (χ1n) is 7.90. The second-order valence-electron chi connectivity index (χ2n) is 5.90. The second kappa shape index (κ2) is 6.59. The van der Waals surface area contributed by atoms with Crippen LogP contribution in [0.4, 0.5) is 4.39 Å². The van der Waals surface area contributed by atoms with Crippen molar-refractivity contribution in [1.82, 2.24) is 10.1 Å². The number of hydrogen-bond donors (Lipinski definition) is 0. The van der Waals surface area contributed by atoms with E-state index in [0.717, 1.165) is 20.4 Å². The Hall–Kier alpha value is -2.22. The quantitative estimate of drug-likeness (QED) is 0.550. The van der Waals surface area contributed by atoms with E-state index < -0.39 is 0 Å². The number of aromatic nitrogens is 1. The van der Waals surface area contributed by atoms with E-state index in [1.165, 1.54) is 12.1 Å². The van der Waals surface area contributed by atoms with Crippen molar-refractivity contribution in [1.29, 1.82) is 0 Å². The minimum absolute atomic E-state index is 0.00184. The monoisotopic (exact) mass is 448 g/mol. The van der Waals surface area contributed by atoms with E-state index in [-0.39, 0.29) is 11.7 Å². The van der Waals surface area contributed by atoms with Crippen LogP contribution in [0, 0.1) is 9.39 Å². The molecule has 25 heavy (non-hydrogen) atoms. The summed E-state index contributed by atoms with van der Waals surface area (Å²) in [6.07, 6.45) is 0.667. The van der Waals surface area contributed by atoms with Gasteiger partial charge in [0.15, 0.2) is 5.76 Å². The number of nitrogens with zero attached hydrogens (tertiary/aromatic N) is 2. The first-order chi connectivity index (χ1) is 12.1. The van der Waals surface area contributed by atoms with Gasteiger partial charge in [0.2, 0.25) is 0 Å².